The van der Waals surface area contributed by atoms with Crippen LogP contribution in [0.1, 0.15) is 64.8 Å². The van der Waals surface area contributed by atoms with Crippen LogP contribution in [0.4, 0.5) is 0 Å². The van der Waals surface area contributed by atoms with E-state index in [1.54, 1.807) is 35.6 Å². The second-order valence-corrected chi connectivity index (χ2v) is 10.9. The Morgan fingerprint density at radius 2 is 1.75 bits per heavy atom. The molecule has 0 N–H and O–H groups in total. The van der Waals surface area contributed by atoms with Crippen molar-refractivity contribution in [3.8, 4) is 0 Å². The van der Waals surface area contributed by atoms with E-state index in [0.29, 0.717) is 40.2 Å². The number of fused-ring (bicyclic) bond motifs is 4. The summed E-state index contributed by atoms with van der Waals surface area (Å²) in [5, 5.41) is 9.17. The molecule has 0 saturated heterocycles. The molecule has 0 radical (unpaired) electrons. The number of carbonyl (C=O) groups is 2. The molecule has 2 aromatic heterocycles. The first-order valence-electron chi connectivity index (χ1n) is 11.1. The lowest BCUT2D eigenvalue weighted by Gasteiger charge is -2.33. The number of benzene rings is 1. The maximum atomic E-state index is 13.2. The van der Waals surface area contributed by atoms with E-state index in [0.717, 1.165) is 24.8 Å². The molecule has 0 saturated carbocycles. The van der Waals surface area contributed by atoms with Crippen LogP contribution in [0.25, 0.3) is 10.2 Å². The van der Waals surface area contributed by atoms with Crippen molar-refractivity contribution in [1.29, 1.82) is 0 Å². The average molecular weight is 451 g/mol. The standard InChI is InChI=1S/C24H26N4O3S/c1-24(2,3)14-9-10-17-18(13-14)32-20-19(17)23(31)28(26-25-20)12-6-11-27-21(29)15-7-4-5-8-16(15)22(27)30/h4-5,7-8,14H,6,9-13H2,1-3H3/t14-/m0/s1. The van der Waals surface area contributed by atoms with E-state index in [2.05, 4.69) is 31.1 Å². The summed E-state index contributed by atoms with van der Waals surface area (Å²) in [4.78, 5) is 41.5. The Morgan fingerprint density at radius 1 is 1.06 bits per heavy atom. The normalized spacial score (nSPS) is 18.3. The Morgan fingerprint density at radius 3 is 2.41 bits per heavy atom. The number of carbonyl (C=O) groups excluding carboxylic acids is 2. The Labute approximate surface area is 190 Å². The van der Waals surface area contributed by atoms with Gasteiger partial charge >= 0.3 is 0 Å². The smallest absolute Gasteiger partial charge is 0.274 e. The van der Waals surface area contributed by atoms with Crippen LogP contribution in [0, 0.1) is 11.3 Å². The summed E-state index contributed by atoms with van der Waals surface area (Å²) in [7, 11) is 0. The predicted octanol–water partition coefficient (Wildman–Crippen LogP) is 3.69. The van der Waals surface area contributed by atoms with Gasteiger partial charge in [-0.25, -0.2) is 4.68 Å². The topological polar surface area (TPSA) is 85.2 Å². The van der Waals surface area contributed by atoms with Crippen molar-refractivity contribution in [2.45, 2.75) is 53.0 Å². The summed E-state index contributed by atoms with van der Waals surface area (Å²) >= 11 is 1.60. The fraction of sp³-hybridized carbons (Fsp3) is 0.458. The molecular formula is C24H26N4O3S. The fourth-order valence-electron chi connectivity index (χ4n) is 4.83. The second kappa shape index (κ2) is 7.62. The quantitative estimate of drug-likeness (QED) is 0.566. The fourth-order valence-corrected chi connectivity index (χ4v) is 6.07. The highest BCUT2D eigenvalue weighted by molar-refractivity contribution is 7.18. The molecule has 0 bridgehead atoms. The summed E-state index contributed by atoms with van der Waals surface area (Å²) < 4.78 is 1.38. The van der Waals surface area contributed by atoms with Gasteiger partial charge in [0.15, 0.2) is 4.83 Å². The van der Waals surface area contributed by atoms with Gasteiger partial charge in [0.25, 0.3) is 17.4 Å². The Kier molecular flexibility index (Phi) is 5.00. The lowest BCUT2D eigenvalue weighted by molar-refractivity contribution is 0.0650. The van der Waals surface area contributed by atoms with Crippen molar-refractivity contribution in [2.24, 2.45) is 11.3 Å². The van der Waals surface area contributed by atoms with Gasteiger partial charge in [0.05, 0.1) is 16.5 Å². The highest BCUT2D eigenvalue weighted by Gasteiger charge is 2.35. The zero-order chi connectivity index (χ0) is 22.6. The summed E-state index contributed by atoms with van der Waals surface area (Å²) in [6, 6.07) is 6.85. The van der Waals surface area contributed by atoms with E-state index in [1.165, 1.54) is 14.5 Å². The van der Waals surface area contributed by atoms with E-state index in [1.807, 2.05) is 0 Å². The number of hydrogen-bond acceptors (Lipinski definition) is 6. The van der Waals surface area contributed by atoms with E-state index in [-0.39, 0.29) is 29.3 Å². The molecule has 1 aliphatic carbocycles. The molecule has 8 heteroatoms. The zero-order valence-corrected chi connectivity index (χ0v) is 19.4. The third-order valence-electron chi connectivity index (χ3n) is 6.79. The molecule has 5 rings (SSSR count). The van der Waals surface area contributed by atoms with Crippen LogP contribution >= 0.6 is 11.3 Å². The molecule has 1 aliphatic heterocycles. The zero-order valence-electron chi connectivity index (χ0n) is 18.6. The minimum absolute atomic E-state index is 0.121. The minimum atomic E-state index is -0.278. The van der Waals surface area contributed by atoms with Gasteiger partial charge in [-0.2, -0.15) is 0 Å². The lowest BCUT2D eigenvalue weighted by Crippen LogP contribution is -2.33. The number of rotatable bonds is 4. The summed E-state index contributed by atoms with van der Waals surface area (Å²) in [6.45, 7) is 7.38. The van der Waals surface area contributed by atoms with Crippen molar-refractivity contribution >= 4 is 33.4 Å². The first-order chi connectivity index (χ1) is 15.3. The molecule has 1 aromatic carbocycles. The molecule has 0 spiro atoms. The van der Waals surface area contributed by atoms with Crippen LogP contribution in [-0.4, -0.2) is 38.3 Å². The number of nitrogens with zero attached hydrogens (tertiary/aromatic N) is 4. The molecule has 166 valence electrons. The first kappa shape index (κ1) is 21.0. The van der Waals surface area contributed by atoms with E-state index in [4.69, 9.17) is 0 Å². The highest BCUT2D eigenvalue weighted by Crippen LogP contribution is 2.41. The van der Waals surface area contributed by atoms with E-state index >= 15 is 0 Å². The van der Waals surface area contributed by atoms with Crippen LogP contribution in [0.3, 0.4) is 0 Å². The molecule has 1 atom stereocenters. The van der Waals surface area contributed by atoms with Gasteiger partial charge in [-0.05, 0) is 54.7 Å². The molecule has 2 aliphatic rings. The van der Waals surface area contributed by atoms with Crippen LogP contribution in [0.15, 0.2) is 29.1 Å². The van der Waals surface area contributed by atoms with Crippen molar-refractivity contribution in [3.63, 3.8) is 0 Å². The Bertz CT molecular complexity index is 1270. The summed E-state index contributed by atoms with van der Waals surface area (Å²) in [6.07, 6.45) is 3.40. The number of imide groups is 1. The van der Waals surface area contributed by atoms with Crippen molar-refractivity contribution in [3.05, 3.63) is 56.2 Å². The number of aromatic nitrogens is 3. The second-order valence-electron chi connectivity index (χ2n) is 9.77. The molecule has 32 heavy (non-hydrogen) atoms. The maximum absolute atomic E-state index is 13.2. The van der Waals surface area contributed by atoms with Crippen LogP contribution < -0.4 is 5.56 Å². The molecule has 2 amide bonds. The van der Waals surface area contributed by atoms with Crippen LogP contribution in [0.2, 0.25) is 0 Å². The molecule has 3 aromatic rings. The molecule has 0 unspecified atom stereocenters. The van der Waals surface area contributed by atoms with Gasteiger partial charge in [-0.1, -0.05) is 38.1 Å². The Hall–Kier alpha value is -2.87. The average Bonchev–Trinajstić information content (AvgIpc) is 3.25. The number of amides is 2. The largest absolute Gasteiger partial charge is 0.278 e. The monoisotopic (exact) mass is 450 g/mol. The molecule has 0 fully saturated rings. The summed E-state index contributed by atoms with van der Waals surface area (Å²) in [5.41, 5.74) is 2.14. The number of hydrogen-bond donors (Lipinski definition) is 0. The van der Waals surface area contributed by atoms with Crippen molar-refractivity contribution in [1.82, 2.24) is 19.9 Å². The predicted molar refractivity (Wildman–Crippen MR) is 123 cm³/mol. The SMILES string of the molecule is CC(C)(C)[C@H]1CCc2c(sc3nnn(CCCN4C(=O)c5ccccc5C4=O)c(=O)c23)C1. The Balaban J connectivity index is 1.33. The van der Waals surface area contributed by atoms with Gasteiger partial charge in [0, 0.05) is 18.0 Å². The maximum Gasteiger partial charge on any atom is 0.278 e. The lowest BCUT2D eigenvalue weighted by atomic mass is 9.72. The van der Waals surface area contributed by atoms with Crippen molar-refractivity contribution < 1.29 is 9.59 Å². The van der Waals surface area contributed by atoms with Gasteiger partial charge < -0.3 is 0 Å². The van der Waals surface area contributed by atoms with Crippen LogP contribution in [-0.2, 0) is 19.4 Å². The van der Waals surface area contributed by atoms with E-state index in [9.17, 15) is 14.4 Å². The van der Waals surface area contributed by atoms with E-state index < -0.39 is 0 Å². The molecular weight excluding hydrogens is 424 g/mol. The van der Waals surface area contributed by atoms with Gasteiger partial charge in [-0.15, -0.1) is 16.4 Å². The third kappa shape index (κ3) is 3.37. The summed E-state index contributed by atoms with van der Waals surface area (Å²) in [5.74, 6) is 0.0393. The van der Waals surface area contributed by atoms with Gasteiger partial charge in [0.1, 0.15) is 0 Å². The number of thiophene rings is 1. The first-order valence-corrected chi connectivity index (χ1v) is 11.9. The van der Waals surface area contributed by atoms with Gasteiger partial charge in [-0.3, -0.25) is 19.3 Å². The molecule has 3 heterocycles. The minimum Gasteiger partial charge on any atom is -0.274 e. The molecule has 7 nitrogen and oxygen atoms in total. The van der Waals surface area contributed by atoms with Gasteiger partial charge in [0.2, 0.25) is 0 Å². The van der Waals surface area contributed by atoms with Crippen molar-refractivity contribution in [2.75, 3.05) is 6.54 Å². The third-order valence-corrected chi connectivity index (χ3v) is 7.93. The number of aryl methyl sites for hydroxylation is 2. The highest BCUT2D eigenvalue weighted by atomic mass is 32.1. The van der Waals surface area contributed by atoms with Crippen LogP contribution in [0.5, 0.6) is 0 Å².